The van der Waals surface area contributed by atoms with E-state index in [0.717, 1.165) is 11.1 Å². The molecule has 0 spiro atoms. The summed E-state index contributed by atoms with van der Waals surface area (Å²) in [6, 6.07) is 24.2. The number of hydrogen-bond donors (Lipinski definition) is 0. The molecule has 0 fully saturated rings. The van der Waals surface area contributed by atoms with Gasteiger partial charge in [-0.25, -0.2) is 0 Å². The minimum atomic E-state index is -0.184. The Morgan fingerprint density at radius 2 is 0.976 bits per heavy atom. The topological polar surface area (TPSA) is 71.3 Å². The SMILES string of the molecule is C[N+]1(Cc2ccc3c(c2)C(=O)c2ccccc2C3=O)C=[N+](Cc2ccc3c(c2)C(=O)c2ccccc2C3=O)C(Cl)=C1Cl. The normalized spacial score (nSPS) is 18.9. The molecule has 204 valence electrons. The Labute approximate surface area is 251 Å². The van der Waals surface area contributed by atoms with Gasteiger partial charge in [0.15, 0.2) is 29.7 Å². The van der Waals surface area contributed by atoms with Crippen molar-refractivity contribution in [3.8, 4) is 0 Å². The molecule has 1 heterocycles. The second kappa shape index (κ2) is 9.53. The Balaban J connectivity index is 1.18. The van der Waals surface area contributed by atoms with Crippen LogP contribution in [0.2, 0.25) is 0 Å². The standard InChI is InChI=1S/C34H22Cl2N2O4/c1-38(17-20-11-13-26-28(15-20)32(42)24-9-5-3-7-22(24)30(26)40)18-37(33(35)34(38)36)16-19-10-12-25-27(14-19)31(41)23-8-4-2-6-21(23)29(25)39/h2-15,18H,16-17H2,1H3/q+2. The van der Waals surface area contributed by atoms with Crippen LogP contribution in [0.25, 0.3) is 0 Å². The number of hydrogen-bond acceptors (Lipinski definition) is 4. The maximum absolute atomic E-state index is 13.2. The van der Waals surface area contributed by atoms with Crippen LogP contribution in [0.5, 0.6) is 0 Å². The van der Waals surface area contributed by atoms with Gasteiger partial charge in [-0.15, -0.1) is 4.58 Å². The van der Waals surface area contributed by atoms with E-state index in [1.54, 1.807) is 77.4 Å². The monoisotopic (exact) mass is 592 g/mol. The van der Waals surface area contributed by atoms with Crippen LogP contribution >= 0.6 is 23.2 Å². The average molecular weight is 593 g/mol. The zero-order valence-corrected chi connectivity index (χ0v) is 23.9. The van der Waals surface area contributed by atoms with Crippen LogP contribution in [0.3, 0.4) is 0 Å². The second-order valence-electron chi connectivity index (χ2n) is 10.9. The van der Waals surface area contributed by atoms with Gasteiger partial charge >= 0.3 is 11.5 Å². The van der Waals surface area contributed by atoms with Crippen LogP contribution in [0.15, 0.2) is 95.2 Å². The Hall–Kier alpha value is -4.49. The predicted molar refractivity (Wildman–Crippen MR) is 158 cm³/mol. The third-order valence-corrected chi connectivity index (χ3v) is 9.17. The zero-order chi connectivity index (χ0) is 29.3. The fourth-order valence-corrected chi connectivity index (χ4v) is 6.53. The molecule has 4 aromatic rings. The van der Waals surface area contributed by atoms with Crippen LogP contribution in [0.4, 0.5) is 0 Å². The molecule has 2 aliphatic carbocycles. The number of benzene rings is 4. The Bertz CT molecular complexity index is 2010. The summed E-state index contributed by atoms with van der Waals surface area (Å²) >= 11 is 13.5. The highest BCUT2D eigenvalue weighted by molar-refractivity contribution is 6.37. The molecule has 3 aliphatic rings. The van der Waals surface area contributed by atoms with Gasteiger partial charge in [0.1, 0.15) is 6.54 Å². The van der Waals surface area contributed by atoms with Crippen molar-refractivity contribution in [3.63, 3.8) is 0 Å². The summed E-state index contributed by atoms with van der Waals surface area (Å²) in [4.78, 5) is 52.4. The number of carbonyl (C=O) groups excluding carboxylic acids is 4. The van der Waals surface area contributed by atoms with E-state index < -0.39 is 0 Å². The quantitative estimate of drug-likeness (QED) is 0.142. The lowest BCUT2D eigenvalue weighted by molar-refractivity contribution is -0.789. The van der Waals surface area contributed by atoms with E-state index in [9.17, 15) is 19.2 Å². The van der Waals surface area contributed by atoms with Crippen LogP contribution < -0.4 is 0 Å². The lowest BCUT2D eigenvalue weighted by Crippen LogP contribution is -2.38. The lowest BCUT2D eigenvalue weighted by Gasteiger charge is -2.22. The van der Waals surface area contributed by atoms with Crippen molar-refractivity contribution in [2.24, 2.45) is 0 Å². The van der Waals surface area contributed by atoms with Gasteiger partial charge in [0, 0.05) is 55.6 Å². The molecule has 4 aromatic carbocycles. The van der Waals surface area contributed by atoms with Gasteiger partial charge < -0.3 is 0 Å². The van der Waals surface area contributed by atoms with E-state index in [-0.39, 0.29) is 27.6 Å². The first-order valence-corrected chi connectivity index (χ1v) is 14.1. The molecular formula is C34H22Cl2N2O4+2. The highest BCUT2D eigenvalue weighted by atomic mass is 35.5. The van der Waals surface area contributed by atoms with Crippen LogP contribution in [0, 0.1) is 0 Å². The molecule has 6 nitrogen and oxygen atoms in total. The van der Waals surface area contributed by atoms with Crippen molar-refractivity contribution in [2.45, 2.75) is 13.1 Å². The number of nitrogens with zero attached hydrogens (tertiary/aromatic N) is 2. The summed E-state index contributed by atoms with van der Waals surface area (Å²) in [5.41, 5.74) is 4.76. The van der Waals surface area contributed by atoms with Gasteiger partial charge in [-0.1, -0.05) is 60.7 Å². The molecule has 1 aliphatic heterocycles. The first-order valence-electron chi connectivity index (χ1n) is 13.3. The Kier molecular flexibility index (Phi) is 5.99. The first kappa shape index (κ1) is 26.4. The van der Waals surface area contributed by atoms with Gasteiger partial charge in [0.05, 0.1) is 7.05 Å². The third kappa shape index (κ3) is 3.95. The molecule has 0 amide bonds. The van der Waals surface area contributed by atoms with Crippen molar-refractivity contribution in [1.82, 2.24) is 0 Å². The van der Waals surface area contributed by atoms with Gasteiger partial charge in [-0.05, 0) is 47.5 Å². The van der Waals surface area contributed by atoms with Crippen molar-refractivity contribution in [3.05, 3.63) is 151 Å². The van der Waals surface area contributed by atoms with Gasteiger partial charge in [-0.3, -0.25) is 19.2 Å². The van der Waals surface area contributed by atoms with Crippen molar-refractivity contribution < 1.29 is 28.2 Å². The largest absolute Gasteiger partial charge is 0.354 e. The number of halogens is 2. The summed E-state index contributed by atoms with van der Waals surface area (Å²) in [6.45, 7) is 0.711. The molecule has 42 heavy (non-hydrogen) atoms. The molecule has 0 bridgehead atoms. The summed E-state index contributed by atoms with van der Waals surface area (Å²) in [7, 11) is 1.90. The fourth-order valence-electron chi connectivity index (χ4n) is 6.02. The first-order chi connectivity index (χ1) is 20.2. The average Bonchev–Trinajstić information content (AvgIpc) is 3.21. The van der Waals surface area contributed by atoms with Gasteiger partial charge in [-0.2, -0.15) is 4.48 Å². The summed E-state index contributed by atoms with van der Waals surface area (Å²) in [5, 5.41) is 0.725. The molecule has 1 atom stereocenters. The van der Waals surface area contributed by atoms with Crippen LogP contribution in [-0.4, -0.2) is 45.6 Å². The van der Waals surface area contributed by atoms with E-state index >= 15 is 0 Å². The minimum absolute atomic E-state index is 0.133. The molecular weight excluding hydrogens is 571 g/mol. The number of carbonyl (C=O) groups is 4. The highest BCUT2D eigenvalue weighted by Gasteiger charge is 2.44. The van der Waals surface area contributed by atoms with E-state index in [1.807, 2.05) is 25.5 Å². The maximum atomic E-state index is 13.2. The fraction of sp³-hybridized carbons (Fsp3) is 0.0882. The van der Waals surface area contributed by atoms with E-state index in [4.69, 9.17) is 23.2 Å². The predicted octanol–water partition coefficient (Wildman–Crippen LogP) is 6.04. The number of fused-ring (bicyclic) bond motifs is 4. The zero-order valence-electron chi connectivity index (χ0n) is 22.4. The van der Waals surface area contributed by atoms with Crippen LogP contribution in [0.1, 0.15) is 74.8 Å². The molecule has 0 radical (unpaired) electrons. The van der Waals surface area contributed by atoms with Crippen LogP contribution in [-0.2, 0) is 13.1 Å². The molecule has 7 rings (SSSR count). The summed E-state index contributed by atoms with van der Waals surface area (Å²) in [5.74, 6) is -0.700. The smallest absolute Gasteiger partial charge is 0.289 e. The lowest BCUT2D eigenvalue weighted by atomic mass is 9.83. The summed E-state index contributed by atoms with van der Waals surface area (Å²) < 4.78 is 1.94. The number of quaternary nitrogens is 1. The minimum Gasteiger partial charge on any atom is -0.289 e. The van der Waals surface area contributed by atoms with E-state index in [2.05, 4.69) is 0 Å². The molecule has 1 unspecified atom stereocenters. The van der Waals surface area contributed by atoms with Gasteiger partial charge in [0.25, 0.3) is 5.16 Å². The maximum Gasteiger partial charge on any atom is 0.354 e. The number of ketones is 4. The third-order valence-electron chi connectivity index (χ3n) is 8.11. The molecule has 0 saturated carbocycles. The number of rotatable bonds is 4. The van der Waals surface area contributed by atoms with Crippen molar-refractivity contribution in [1.29, 1.82) is 0 Å². The van der Waals surface area contributed by atoms with Crippen molar-refractivity contribution >= 4 is 52.7 Å². The van der Waals surface area contributed by atoms with E-state index in [1.165, 1.54) is 0 Å². The second-order valence-corrected chi connectivity index (χ2v) is 11.6. The highest BCUT2D eigenvalue weighted by Crippen LogP contribution is 2.35. The molecule has 0 N–H and O–H groups in total. The van der Waals surface area contributed by atoms with Crippen molar-refractivity contribution in [2.75, 3.05) is 7.05 Å². The Morgan fingerprint density at radius 3 is 1.48 bits per heavy atom. The van der Waals surface area contributed by atoms with Gasteiger partial charge in [0.2, 0.25) is 0 Å². The molecule has 0 saturated heterocycles. The molecule has 8 heteroatoms. The Morgan fingerprint density at radius 1 is 0.571 bits per heavy atom. The molecule has 0 aromatic heterocycles. The van der Waals surface area contributed by atoms with E-state index in [0.29, 0.717) is 67.9 Å². The summed E-state index contributed by atoms with van der Waals surface area (Å²) in [6.07, 6.45) is 1.88.